The molecule has 2 aromatic rings. The second-order valence-corrected chi connectivity index (χ2v) is 9.02. The molecule has 2 rings (SSSR count). The summed E-state index contributed by atoms with van der Waals surface area (Å²) in [5.74, 6) is 2.50. The Morgan fingerprint density at radius 1 is 0.774 bits per heavy atom. The highest BCUT2D eigenvalue weighted by molar-refractivity contribution is 5.55. The maximum absolute atomic E-state index is 5.87. The van der Waals surface area contributed by atoms with Gasteiger partial charge in [-0.05, 0) is 61.4 Å². The molecule has 0 spiro atoms. The summed E-state index contributed by atoms with van der Waals surface area (Å²) in [4.78, 5) is 9.18. The molecule has 0 saturated carbocycles. The van der Waals surface area contributed by atoms with Crippen molar-refractivity contribution in [1.82, 2.24) is 9.97 Å². The van der Waals surface area contributed by atoms with E-state index in [2.05, 4.69) is 42.9 Å². The lowest BCUT2D eigenvalue weighted by Crippen LogP contribution is -2.01. The predicted molar refractivity (Wildman–Crippen MR) is 133 cm³/mol. The monoisotopic (exact) mass is 424 g/mol. The SMILES string of the molecule is CCCCCCCCCCCc1cnc(-c2ccc(OCCC[C@@H](C)CC)cc2)nc1. The van der Waals surface area contributed by atoms with E-state index in [4.69, 9.17) is 4.74 Å². The molecule has 0 amide bonds. The Kier molecular flexibility index (Phi) is 13.0. The van der Waals surface area contributed by atoms with Crippen LogP contribution in [0.25, 0.3) is 11.4 Å². The van der Waals surface area contributed by atoms with Gasteiger partial charge in [-0.15, -0.1) is 0 Å². The molecule has 0 N–H and O–H groups in total. The van der Waals surface area contributed by atoms with Gasteiger partial charge in [0.2, 0.25) is 0 Å². The van der Waals surface area contributed by atoms with Crippen LogP contribution in [-0.4, -0.2) is 16.6 Å². The van der Waals surface area contributed by atoms with Gasteiger partial charge in [0.25, 0.3) is 0 Å². The van der Waals surface area contributed by atoms with Crippen molar-refractivity contribution in [3.63, 3.8) is 0 Å². The number of benzene rings is 1. The van der Waals surface area contributed by atoms with Gasteiger partial charge in [0.15, 0.2) is 5.82 Å². The lowest BCUT2D eigenvalue weighted by Gasteiger charge is -2.10. The van der Waals surface area contributed by atoms with Crippen LogP contribution >= 0.6 is 0 Å². The molecule has 3 heteroatoms. The van der Waals surface area contributed by atoms with E-state index in [9.17, 15) is 0 Å². The van der Waals surface area contributed by atoms with Crippen molar-refractivity contribution in [2.75, 3.05) is 6.61 Å². The molecule has 1 aromatic carbocycles. The summed E-state index contributed by atoms with van der Waals surface area (Å²) in [6.45, 7) is 7.61. The van der Waals surface area contributed by atoms with Crippen LogP contribution in [0.5, 0.6) is 5.75 Å². The molecule has 1 atom stereocenters. The minimum absolute atomic E-state index is 0.784. The van der Waals surface area contributed by atoms with E-state index < -0.39 is 0 Å². The van der Waals surface area contributed by atoms with Gasteiger partial charge in [0.1, 0.15) is 5.75 Å². The summed E-state index contributed by atoms with van der Waals surface area (Å²) in [6.07, 6.45) is 20.9. The first-order valence-corrected chi connectivity index (χ1v) is 12.8. The Balaban J connectivity index is 1.64. The van der Waals surface area contributed by atoms with Crippen molar-refractivity contribution in [3.05, 3.63) is 42.2 Å². The maximum atomic E-state index is 5.87. The summed E-state index contributed by atoms with van der Waals surface area (Å²) in [5.41, 5.74) is 2.29. The van der Waals surface area contributed by atoms with Crippen LogP contribution in [0.3, 0.4) is 0 Å². The fraction of sp³-hybridized carbons (Fsp3) is 0.643. The van der Waals surface area contributed by atoms with Gasteiger partial charge >= 0.3 is 0 Å². The molecule has 1 aromatic heterocycles. The zero-order valence-corrected chi connectivity index (χ0v) is 20.2. The molecular weight excluding hydrogens is 380 g/mol. The fourth-order valence-electron chi connectivity index (χ4n) is 3.80. The number of aryl methyl sites for hydroxylation is 1. The highest BCUT2D eigenvalue weighted by Crippen LogP contribution is 2.20. The fourth-order valence-corrected chi connectivity index (χ4v) is 3.80. The number of unbranched alkanes of at least 4 members (excludes halogenated alkanes) is 8. The van der Waals surface area contributed by atoms with E-state index >= 15 is 0 Å². The van der Waals surface area contributed by atoms with Crippen molar-refractivity contribution in [2.24, 2.45) is 5.92 Å². The van der Waals surface area contributed by atoms with Gasteiger partial charge < -0.3 is 4.74 Å². The van der Waals surface area contributed by atoms with Crippen LogP contribution in [0.2, 0.25) is 0 Å². The number of aromatic nitrogens is 2. The quantitative estimate of drug-likeness (QED) is 0.239. The number of hydrogen-bond donors (Lipinski definition) is 0. The van der Waals surface area contributed by atoms with Gasteiger partial charge in [-0.2, -0.15) is 0 Å². The highest BCUT2D eigenvalue weighted by Gasteiger charge is 2.04. The average Bonchev–Trinajstić information content (AvgIpc) is 2.81. The predicted octanol–water partition coefficient (Wildman–Crippen LogP) is 8.42. The lowest BCUT2D eigenvalue weighted by atomic mass is 10.0. The molecule has 0 aliphatic carbocycles. The average molecular weight is 425 g/mol. The van der Waals surface area contributed by atoms with Crippen LogP contribution in [0.4, 0.5) is 0 Å². The molecule has 0 aliphatic heterocycles. The molecule has 3 nitrogen and oxygen atoms in total. The summed E-state index contributed by atoms with van der Waals surface area (Å²) < 4.78 is 5.87. The van der Waals surface area contributed by atoms with Crippen molar-refractivity contribution >= 4 is 0 Å². The minimum atomic E-state index is 0.784. The van der Waals surface area contributed by atoms with E-state index in [0.29, 0.717) is 0 Å². The highest BCUT2D eigenvalue weighted by atomic mass is 16.5. The Labute approximate surface area is 191 Å². The normalized spacial score (nSPS) is 12.1. The molecule has 0 radical (unpaired) electrons. The van der Waals surface area contributed by atoms with Gasteiger partial charge in [-0.3, -0.25) is 0 Å². The second-order valence-electron chi connectivity index (χ2n) is 9.02. The third-order valence-corrected chi connectivity index (χ3v) is 6.19. The van der Waals surface area contributed by atoms with Gasteiger partial charge in [0.05, 0.1) is 6.61 Å². The minimum Gasteiger partial charge on any atom is -0.494 e. The topological polar surface area (TPSA) is 35.0 Å². The molecule has 1 heterocycles. The van der Waals surface area contributed by atoms with E-state index in [0.717, 1.165) is 42.5 Å². The maximum Gasteiger partial charge on any atom is 0.159 e. The number of nitrogens with zero attached hydrogens (tertiary/aromatic N) is 2. The molecule has 0 fully saturated rings. The van der Waals surface area contributed by atoms with E-state index in [1.807, 2.05) is 24.5 Å². The molecule has 0 saturated heterocycles. The van der Waals surface area contributed by atoms with Crippen molar-refractivity contribution < 1.29 is 4.74 Å². The van der Waals surface area contributed by atoms with Crippen molar-refractivity contribution in [2.45, 2.75) is 104 Å². The Morgan fingerprint density at radius 3 is 2.00 bits per heavy atom. The zero-order chi connectivity index (χ0) is 22.2. The first kappa shape index (κ1) is 25.4. The van der Waals surface area contributed by atoms with Crippen molar-refractivity contribution in [3.8, 4) is 17.1 Å². The molecule has 0 bridgehead atoms. The summed E-state index contributed by atoms with van der Waals surface area (Å²) in [7, 11) is 0. The number of ether oxygens (including phenoxy) is 1. The van der Waals surface area contributed by atoms with Gasteiger partial charge in [-0.25, -0.2) is 9.97 Å². The van der Waals surface area contributed by atoms with Crippen LogP contribution in [0, 0.1) is 5.92 Å². The Hall–Kier alpha value is -1.90. The van der Waals surface area contributed by atoms with Crippen LogP contribution in [0.1, 0.15) is 103 Å². The lowest BCUT2D eigenvalue weighted by molar-refractivity contribution is 0.294. The largest absolute Gasteiger partial charge is 0.494 e. The van der Waals surface area contributed by atoms with E-state index in [1.165, 1.54) is 76.2 Å². The Bertz CT molecular complexity index is 681. The summed E-state index contributed by atoms with van der Waals surface area (Å²) in [5, 5.41) is 0. The smallest absolute Gasteiger partial charge is 0.159 e. The summed E-state index contributed by atoms with van der Waals surface area (Å²) >= 11 is 0. The molecule has 0 unspecified atom stereocenters. The zero-order valence-electron chi connectivity index (χ0n) is 20.2. The number of rotatable bonds is 17. The molecule has 31 heavy (non-hydrogen) atoms. The molecular formula is C28H44N2O. The molecule has 0 aliphatic rings. The van der Waals surface area contributed by atoms with Gasteiger partial charge in [-0.1, -0.05) is 78.6 Å². The third-order valence-electron chi connectivity index (χ3n) is 6.19. The van der Waals surface area contributed by atoms with E-state index in [-0.39, 0.29) is 0 Å². The van der Waals surface area contributed by atoms with E-state index in [1.54, 1.807) is 0 Å². The van der Waals surface area contributed by atoms with Crippen LogP contribution in [-0.2, 0) is 6.42 Å². The Morgan fingerprint density at radius 2 is 1.39 bits per heavy atom. The first-order chi connectivity index (χ1) is 15.2. The van der Waals surface area contributed by atoms with Gasteiger partial charge in [0, 0.05) is 18.0 Å². The third kappa shape index (κ3) is 10.8. The van der Waals surface area contributed by atoms with Crippen LogP contribution < -0.4 is 4.74 Å². The van der Waals surface area contributed by atoms with Crippen LogP contribution in [0.15, 0.2) is 36.7 Å². The summed E-state index contributed by atoms with van der Waals surface area (Å²) in [6, 6.07) is 8.16. The second kappa shape index (κ2) is 15.8. The number of hydrogen-bond acceptors (Lipinski definition) is 3. The molecule has 172 valence electrons. The standard InChI is InChI=1S/C28H44N2O/c1-4-6-7-8-9-10-11-12-13-16-25-22-29-28(30-23-25)26-17-19-27(20-18-26)31-21-14-15-24(3)5-2/h17-20,22-24H,4-16,21H2,1-3H3/t24-/m0/s1. The van der Waals surface area contributed by atoms with Crippen molar-refractivity contribution in [1.29, 1.82) is 0 Å². The first-order valence-electron chi connectivity index (χ1n) is 12.8.